The van der Waals surface area contributed by atoms with Crippen molar-refractivity contribution in [1.82, 2.24) is 18.7 Å². The fourth-order valence-corrected chi connectivity index (χ4v) is 5.31. The van der Waals surface area contributed by atoms with Crippen LogP contribution in [0.25, 0.3) is 27.7 Å². The molecule has 0 spiro atoms. The van der Waals surface area contributed by atoms with Crippen molar-refractivity contribution in [2.24, 2.45) is 0 Å². The van der Waals surface area contributed by atoms with Crippen LogP contribution in [0, 0.1) is 25.5 Å². The summed E-state index contributed by atoms with van der Waals surface area (Å²) in [5.41, 5.74) is 1.45. The summed E-state index contributed by atoms with van der Waals surface area (Å²) in [5, 5.41) is 12.1. The Hall–Kier alpha value is -3.27. The van der Waals surface area contributed by atoms with E-state index in [0.717, 1.165) is 16.3 Å². The molecule has 0 saturated carbocycles. The molecule has 2 aromatic heterocycles. The summed E-state index contributed by atoms with van der Waals surface area (Å²) in [7, 11) is -3.66. The first-order chi connectivity index (χ1) is 14.9. The van der Waals surface area contributed by atoms with E-state index < -0.39 is 27.2 Å². The highest BCUT2D eigenvalue weighted by atomic mass is 32.2. The molecule has 0 fully saturated rings. The normalized spacial score (nSPS) is 14.8. The van der Waals surface area contributed by atoms with E-state index in [2.05, 4.69) is 15.5 Å². The molecule has 5 rings (SSSR count). The predicted molar refractivity (Wildman–Crippen MR) is 119 cm³/mol. The summed E-state index contributed by atoms with van der Waals surface area (Å²) >= 11 is 0. The van der Waals surface area contributed by atoms with Gasteiger partial charge in [0, 0.05) is 17.1 Å². The van der Waals surface area contributed by atoms with E-state index >= 15 is 4.39 Å². The lowest BCUT2D eigenvalue weighted by atomic mass is 9.92. The van der Waals surface area contributed by atoms with Crippen LogP contribution in [0.3, 0.4) is 0 Å². The Morgan fingerprint density at radius 3 is 2.50 bits per heavy atom. The molecule has 0 saturated heterocycles. The summed E-state index contributed by atoms with van der Waals surface area (Å²) in [5.74, 6) is -0.139. The molecule has 0 radical (unpaired) electrons. The van der Waals surface area contributed by atoms with Crippen LogP contribution >= 0.6 is 0 Å². The number of aromatic nitrogens is 4. The zero-order valence-electron chi connectivity index (χ0n) is 18.2. The van der Waals surface area contributed by atoms with Crippen LogP contribution in [0.5, 0.6) is 0 Å². The molecule has 3 heterocycles. The Morgan fingerprint density at radius 1 is 1.09 bits per heavy atom. The highest BCUT2D eigenvalue weighted by Crippen LogP contribution is 2.44. The van der Waals surface area contributed by atoms with Gasteiger partial charge in [0.15, 0.2) is 11.6 Å². The molecule has 10 heteroatoms. The second kappa shape index (κ2) is 6.38. The molecular formula is C22H21F2N5O2S. The van der Waals surface area contributed by atoms with Gasteiger partial charge in [0.25, 0.3) is 0 Å². The molecule has 0 bridgehead atoms. The van der Waals surface area contributed by atoms with Crippen LogP contribution < -0.4 is 5.32 Å². The van der Waals surface area contributed by atoms with Gasteiger partial charge in [-0.3, -0.25) is 4.57 Å². The van der Waals surface area contributed by atoms with Gasteiger partial charge in [-0.1, -0.05) is 0 Å². The number of halogens is 2. The molecule has 166 valence electrons. The molecule has 0 amide bonds. The number of hydrogen-bond acceptors (Lipinski definition) is 5. The zero-order valence-corrected chi connectivity index (χ0v) is 19.0. The summed E-state index contributed by atoms with van der Waals surface area (Å²) in [4.78, 5) is 0. The summed E-state index contributed by atoms with van der Waals surface area (Å²) in [6, 6.07) is 5.73. The molecule has 1 aliphatic heterocycles. The first-order valence-electron chi connectivity index (χ1n) is 9.96. The van der Waals surface area contributed by atoms with Crippen molar-refractivity contribution in [2.45, 2.75) is 33.2 Å². The van der Waals surface area contributed by atoms with E-state index in [4.69, 9.17) is 0 Å². The van der Waals surface area contributed by atoms with E-state index in [0.29, 0.717) is 28.3 Å². The molecule has 4 aromatic rings. The van der Waals surface area contributed by atoms with Crippen molar-refractivity contribution < 1.29 is 17.2 Å². The average Bonchev–Trinajstić information content (AvgIpc) is 3.25. The molecule has 0 aliphatic carbocycles. The van der Waals surface area contributed by atoms with Crippen LogP contribution in [0.2, 0.25) is 0 Å². The van der Waals surface area contributed by atoms with Gasteiger partial charge in [-0.25, -0.2) is 21.2 Å². The Balaban J connectivity index is 1.87. The van der Waals surface area contributed by atoms with Crippen LogP contribution in [0.1, 0.15) is 31.1 Å². The van der Waals surface area contributed by atoms with E-state index in [9.17, 15) is 12.8 Å². The van der Waals surface area contributed by atoms with E-state index in [1.807, 2.05) is 19.9 Å². The minimum atomic E-state index is -3.66. The molecular weight excluding hydrogens is 436 g/mol. The van der Waals surface area contributed by atoms with Crippen LogP contribution in [-0.4, -0.2) is 33.4 Å². The minimum absolute atomic E-state index is 0.152. The van der Waals surface area contributed by atoms with Crippen molar-refractivity contribution in [2.75, 3.05) is 11.6 Å². The van der Waals surface area contributed by atoms with Gasteiger partial charge in [0.1, 0.15) is 17.3 Å². The topological polar surface area (TPSA) is 81.8 Å². The lowest BCUT2D eigenvalue weighted by Gasteiger charge is -2.34. The maximum atomic E-state index is 16.2. The molecule has 1 aliphatic rings. The van der Waals surface area contributed by atoms with Gasteiger partial charge in [0.2, 0.25) is 10.0 Å². The molecule has 2 aromatic carbocycles. The SMILES string of the molecule is Cc1cc2c(c(F)c1-c1cc(F)cc3c1ccn3S(C)(=O)=O)-n1c(C)nnc1C(C)(C)N2. The first-order valence-corrected chi connectivity index (χ1v) is 11.8. The van der Waals surface area contributed by atoms with Gasteiger partial charge in [0.05, 0.1) is 23.0 Å². The molecule has 1 N–H and O–H groups in total. The number of fused-ring (bicyclic) bond motifs is 4. The number of anilines is 1. The first kappa shape index (κ1) is 20.6. The van der Waals surface area contributed by atoms with E-state index in [-0.39, 0.29) is 22.3 Å². The van der Waals surface area contributed by atoms with E-state index in [1.54, 1.807) is 24.5 Å². The number of aryl methyl sites for hydroxylation is 2. The predicted octanol–water partition coefficient (Wildman–Crippen LogP) is 4.25. The van der Waals surface area contributed by atoms with Gasteiger partial charge >= 0.3 is 0 Å². The minimum Gasteiger partial charge on any atom is -0.371 e. The maximum absolute atomic E-state index is 16.2. The Kier molecular flexibility index (Phi) is 4.11. The summed E-state index contributed by atoms with van der Waals surface area (Å²) in [6.07, 6.45) is 2.38. The Bertz CT molecular complexity index is 1550. The highest BCUT2D eigenvalue weighted by Gasteiger charge is 2.37. The standard InChI is InChI=1S/C22H21F2N5O2S/c1-11-8-16-20(29-12(2)26-27-21(29)22(3,4)25-16)19(24)18(11)15-9-13(23)10-17-14(15)6-7-28(17)32(5,30)31/h6-10,25H,1-5H3. The third-order valence-corrected chi connectivity index (χ3v) is 6.89. The molecule has 0 atom stereocenters. The van der Waals surface area contributed by atoms with Crippen LogP contribution in [0.4, 0.5) is 14.5 Å². The van der Waals surface area contributed by atoms with Crippen molar-refractivity contribution in [3.05, 3.63) is 59.3 Å². The van der Waals surface area contributed by atoms with Gasteiger partial charge in [-0.05, 0) is 63.1 Å². The number of nitrogens with zero attached hydrogens (tertiary/aromatic N) is 4. The second-order valence-corrected chi connectivity index (χ2v) is 10.6. The maximum Gasteiger partial charge on any atom is 0.236 e. The number of benzene rings is 2. The Labute approximate surface area is 183 Å². The molecule has 0 unspecified atom stereocenters. The monoisotopic (exact) mass is 457 g/mol. The quantitative estimate of drug-likeness (QED) is 0.487. The van der Waals surface area contributed by atoms with Crippen molar-refractivity contribution in [3.8, 4) is 16.8 Å². The number of nitrogens with one attached hydrogen (secondary N) is 1. The lowest BCUT2D eigenvalue weighted by Crippen LogP contribution is -2.36. The summed E-state index contributed by atoms with van der Waals surface area (Å²) < 4.78 is 57.8. The molecule has 7 nitrogen and oxygen atoms in total. The van der Waals surface area contributed by atoms with Crippen molar-refractivity contribution >= 4 is 26.6 Å². The van der Waals surface area contributed by atoms with Crippen LogP contribution in [-0.2, 0) is 15.6 Å². The van der Waals surface area contributed by atoms with Gasteiger partial charge in [-0.2, -0.15) is 0 Å². The van der Waals surface area contributed by atoms with Gasteiger partial charge < -0.3 is 5.32 Å². The van der Waals surface area contributed by atoms with Crippen molar-refractivity contribution in [1.29, 1.82) is 0 Å². The fraction of sp³-hybridized carbons (Fsp3) is 0.273. The average molecular weight is 458 g/mol. The van der Waals surface area contributed by atoms with Crippen molar-refractivity contribution in [3.63, 3.8) is 0 Å². The molecule has 32 heavy (non-hydrogen) atoms. The van der Waals surface area contributed by atoms with E-state index in [1.165, 1.54) is 12.3 Å². The lowest BCUT2D eigenvalue weighted by molar-refractivity contribution is 0.522. The third kappa shape index (κ3) is 2.78. The smallest absolute Gasteiger partial charge is 0.236 e. The third-order valence-electron chi connectivity index (χ3n) is 5.86. The summed E-state index contributed by atoms with van der Waals surface area (Å²) in [6.45, 7) is 7.35. The van der Waals surface area contributed by atoms with Crippen LogP contribution in [0.15, 0.2) is 30.5 Å². The zero-order chi connectivity index (χ0) is 23.2. The highest BCUT2D eigenvalue weighted by molar-refractivity contribution is 7.89. The number of rotatable bonds is 2. The fourth-order valence-electron chi connectivity index (χ4n) is 4.52. The second-order valence-electron chi connectivity index (χ2n) is 8.70. The van der Waals surface area contributed by atoms with Gasteiger partial charge in [-0.15, -0.1) is 10.2 Å². The Morgan fingerprint density at radius 2 is 1.81 bits per heavy atom. The number of hydrogen-bond donors (Lipinski definition) is 1. The largest absolute Gasteiger partial charge is 0.371 e.